The van der Waals surface area contributed by atoms with E-state index in [2.05, 4.69) is 5.32 Å². The normalized spacial score (nSPS) is 13.8. The van der Waals surface area contributed by atoms with Crippen molar-refractivity contribution in [2.24, 2.45) is 0 Å². The molecule has 7 heteroatoms. The summed E-state index contributed by atoms with van der Waals surface area (Å²) >= 11 is 5.80. The Morgan fingerprint density at radius 2 is 2.25 bits per heavy atom. The van der Waals surface area contributed by atoms with E-state index in [0.717, 1.165) is 0 Å². The predicted octanol–water partition coefficient (Wildman–Crippen LogP) is 2.03. The van der Waals surface area contributed by atoms with Gasteiger partial charge < -0.3 is 15.8 Å². The Bertz CT molecular complexity index is 497. The summed E-state index contributed by atoms with van der Waals surface area (Å²) in [5.74, 6) is 0.132. The van der Waals surface area contributed by atoms with E-state index in [1.807, 2.05) is 0 Å². The number of amides is 1. The summed E-state index contributed by atoms with van der Waals surface area (Å²) in [6.45, 7) is 2.17. The van der Waals surface area contributed by atoms with Gasteiger partial charge in [-0.2, -0.15) is 0 Å². The lowest BCUT2D eigenvalue weighted by Gasteiger charge is -2.12. The summed E-state index contributed by atoms with van der Waals surface area (Å²) in [4.78, 5) is 12.0. The van der Waals surface area contributed by atoms with Crippen LogP contribution in [0.2, 0.25) is 5.02 Å². The molecule has 20 heavy (non-hydrogen) atoms. The van der Waals surface area contributed by atoms with E-state index in [1.54, 1.807) is 32.2 Å². The molecule has 0 aromatic heterocycles. The van der Waals surface area contributed by atoms with Gasteiger partial charge in [-0.05, 0) is 31.5 Å². The number of halogens is 1. The largest absolute Gasteiger partial charge is 0.397 e. The second kappa shape index (κ2) is 8.24. The number of carbonyl (C=O) groups is 1. The van der Waals surface area contributed by atoms with E-state index in [-0.39, 0.29) is 5.91 Å². The van der Waals surface area contributed by atoms with Crippen molar-refractivity contribution < 1.29 is 13.7 Å². The Kier molecular flexibility index (Phi) is 6.98. The minimum absolute atomic E-state index is 0.303. The molecular weight excluding hydrogens is 300 g/mol. The summed E-state index contributed by atoms with van der Waals surface area (Å²) in [5.41, 5.74) is 6.58. The molecule has 1 aromatic rings. The van der Waals surface area contributed by atoms with Gasteiger partial charge in [-0.25, -0.2) is 0 Å². The molecule has 2 unspecified atom stereocenters. The highest BCUT2D eigenvalue weighted by Gasteiger charge is 2.19. The highest BCUT2D eigenvalue weighted by molar-refractivity contribution is 7.86. The molecule has 0 saturated heterocycles. The molecule has 0 aliphatic carbocycles. The van der Waals surface area contributed by atoms with E-state index < -0.39 is 16.0 Å². The van der Waals surface area contributed by atoms with Crippen LogP contribution in [-0.4, -0.2) is 34.8 Å². The molecule has 0 spiro atoms. The minimum Gasteiger partial charge on any atom is -0.397 e. The summed E-state index contributed by atoms with van der Waals surface area (Å²) in [6.07, 6.45) is 0.661. The standard InChI is InChI=1S/C13H19ClN2O3S/c1-9(20(18)7-3-6-19-2)13(17)16-10-4-5-11(14)12(15)8-10/h4-5,8-9H,3,6-7,15H2,1-2H3,(H,16,17). The highest BCUT2D eigenvalue weighted by Crippen LogP contribution is 2.22. The molecule has 0 heterocycles. The summed E-state index contributed by atoms with van der Waals surface area (Å²) in [5, 5.41) is 2.52. The van der Waals surface area contributed by atoms with Crippen LogP contribution in [0.4, 0.5) is 11.4 Å². The highest BCUT2D eigenvalue weighted by atomic mass is 35.5. The number of nitrogen functional groups attached to an aromatic ring is 1. The van der Waals surface area contributed by atoms with Gasteiger partial charge in [0.05, 0.1) is 10.7 Å². The molecule has 1 rings (SSSR count). The smallest absolute Gasteiger partial charge is 0.239 e. The molecule has 0 bridgehead atoms. The van der Waals surface area contributed by atoms with Crippen LogP contribution >= 0.6 is 11.6 Å². The summed E-state index contributed by atoms with van der Waals surface area (Å²) in [6, 6.07) is 4.82. The third-order valence-corrected chi connectivity index (χ3v) is 4.76. The zero-order valence-corrected chi connectivity index (χ0v) is 13.1. The van der Waals surface area contributed by atoms with Crippen molar-refractivity contribution >= 4 is 39.7 Å². The molecule has 0 saturated carbocycles. The fourth-order valence-electron chi connectivity index (χ4n) is 1.51. The SMILES string of the molecule is COCCCS(=O)C(C)C(=O)Nc1ccc(Cl)c(N)c1. The van der Waals surface area contributed by atoms with Crippen LogP contribution in [0, 0.1) is 0 Å². The lowest BCUT2D eigenvalue weighted by molar-refractivity contribution is -0.115. The van der Waals surface area contributed by atoms with E-state index in [0.29, 0.717) is 35.2 Å². The van der Waals surface area contributed by atoms with Crippen molar-refractivity contribution in [3.8, 4) is 0 Å². The first kappa shape index (κ1) is 16.9. The molecular formula is C13H19ClN2O3S. The number of carbonyl (C=O) groups excluding carboxylic acids is 1. The number of hydrogen-bond acceptors (Lipinski definition) is 4. The minimum atomic E-state index is -1.23. The predicted molar refractivity (Wildman–Crippen MR) is 83.5 cm³/mol. The third kappa shape index (κ3) is 5.11. The molecule has 1 aromatic carbocycles. The van der Waals surface area contributed by atoms with Gasteiger partial charge in [0.1, 0.15) is 5.25 Å². The van der Waals surface area contributed by atoms with Gasteiger partial charge in [0.25, 0.3) is 0 Å². The molecule has 1 amide bonds. The Morgan fingerprint density at radius 1 is 1.55 bits per heavy atom. The number of nitrogens with one attached hydrogen (secondary N) is 1. The number of ether oxygens (including phenoxy) is 1. The van der Waals surface area contributed by atoms with E-state index in [4.69, 9.17) is 22.1 Å². The second-order valence-corrected chi connectivity index (χ2v) is 6.58. The molecule has 0 aliphatic heterocycles. The number of nitrogens with two attached hydrogens (primary N) is 1. The summed E-state index contributed by atoms with van der Waals surface area (Å²) < 4.78 is 16.8. The first-order valence-corrected chi connectivity index (χ1v) is 7.93. The quantitative estimate of drug-likeness (QED) is 0.595. The average molecular weight is 319 g/mol. The summed E-state index contributed by atoms with van der Waals surface area (Å²) in [7, 11) is 0.358. The van der Waals surface area contributed by atoms with Crippen molar-refractivity contribution in [3.63, 3.8) is 0 Å². The lowest BCUT2D eigenvalue weighted by atomic mass is 10.2. The van der Waals surface area contributed by atoms with Crippen LogP contribution in [0.3, 0.4) is 0 Å². The van der Waals surface area contributed by atoms with Crippen molar-refractivity contribution in [1.82, 2.24) is 0 Å². The van der Waals surface area contributed by atoms with Crippen LogP contribution in [-0.2, 0) is 20.3 Å². The van der Waals surface area contributed by atoms with Crippen molar-refractivity contribution in [1.29, 1.82) is 0 Å². The average Bonchev–Trinajstić information content (AvgIpc) is 2.42. The maximum Gasteiger partial charge on any atom is 0.239 e. The lowest BCUT2D eigenvalue weighted by Crippen LogP contribution is -2.30. The number of anilines is 2. The van der Waals surface area contributed by atoms with Gasteiger partial charge in [-0.3, -0.25) is 9.00 Å². The maximum absolute atomic E-state index is 12.0. The molecule has 5 nitrogen and oxygen atoms in total. The van der Waals surface area contributed by atoms with Gasteiger partial charge in [-0.15, -0.1) is 0 Å². The van der Waals surface area contributed by atoms with Crippen LogP contribution in [0.5, 0.6) is 0 Å². The molecule has 3 N–H and O–H groups in total. The molecule has 0 aliphatic rings. The van der Waals surface area contributed by atoms with Crippen LogP contribution < -0.4 is 11.1 Å². The molecule has 2 atom stereocenters. The van der Waals surface area contributed by atoms with E-state index >= 15 is 0 Å². The number of hydrogen-bond donors (Lipinski definition) is 2. The molecule has 0 fully saturated rings. The van der Waals surface area contributed by atoms with Gasteiger partial charge in [0, 0.05) is 36.0 Å². The van der Waals surface area contributed by atoms with Crippen molar-refractivity contribution in [2.75, 3.05) is 30.5 Å². The van der Waals surface area contributed by atoms with Gasteiger partial charge in [0.15, 0.2) is 0 Å². The Balaban J connectivity index is 2.56. The maximum atomic E-state index is 12.0. The van der Waals surface area contributed by atoms with Crippen LogP contribution in [0.1, 0.15) is 13.3 Å². The number of rotatable bonds is 7. The molecule has 112 valence electrons. The zero-order chi connectivity index (χ0) is 15.1. The van der Waals surface area contributed by atoms with Crippen molar-refractivity contribution in [2.45, 2.75) is 18.6 Å². The zero-order valence-electron chi connectivity index (χ0n) is 11.5. The van der Waals surface area contributed by atoms with Crippen molar-refractivity contribution in [3.05, 3.63) is 23.2 Å². The monoisotopic (exact) mass is 318 g/mol. The number of benzene rings is 1. The van der Waals surface area contributed by atoms with E-state index in [9.17, 15) is 9.00 Å². The van der Waals surface area contributed by atoms with Crippen LogP contribution in [0.15, 0.2) is 18.2 Å². The van der Waals surface area contributed by atoms with Crippen LogP contribution in [0.25, 0.3) is 0 Å². The fraction of sp³-hybridized carbons (Fsp3) is 0.462. The first-order chi connectivity index (χ1) is 9.45. The Labute approximate surface area is 126 Å². The Hall–Kier alpha value is -1.11. The topological polar surface area (TPSA) is 81.4 Å². The number of methoxy groups -OCH3 is 1. The van der Waals surface area contributed by atoms with E-state index in [1.165, 1.54) is 0 Å². The van der Waals surface area contributed by atoms with Gasteiger partial charge >= 0.3 is 0 Å². The van der Waals surface area contributed by atoms with Gasteiger partial charge in [-0.1, -0.05) is 11.6 Å². The third-order valence-electron chi connectivity index (χ3n) is 2.72. The van der Waals surface area contributed by atoms with Gasteiger partial charge in [0.2, 0.25) is 5.91 Å². The Morgan fingerprint density at radius 3 is 2.85 bits per heavy atom. The second-order valence-electron chi connectivity index (χ2n) is 4.30. The first-order valence-electron chi connectivity index (χ1n) is 6.17. The fourth-order valence-corrected chi connectivity index (χ4v) is 2.68. The molecule has 0 radical (unpaired) electrons.